The van der Waals surface area contributed by atoms with Crippen LogP contribution in [0.3, 0.4) is 0 Å². The predicted octanol–water partition coefficient (Wildman–Crippen LogP) is 1.64. The molecular formula is C6H7N. The molecule has 0 radical (unpaired) electrons. The van der Waals surface area contributed by atoms with E-state index in [1.54, 1.807) is 6.08 Å². The minimum atomic E-state index is 0.905. The van der Waals surface area contributed by atoms with E-state index in [2.05, 4.69) is 6.58 Å². The monoisotopic (exact) mass is 93.1 g/mol. The third-order valence-electron chi connectivity index (χ3n) is 0.614. The van der Waals surface area contributed by atoms with Gasteiger partial charge in [-0.05, 0) is 12.5 Å². The minimum Gasteiger partial charge on any atom is -0.193 e. The molecule has 0 aliphatic rings. The van der Waals surface area contributed by atoms with Crippen LogP contribution in [0.25, 0.3) is 0 Å². The molecule has 1 heteroatoms. The predicted molar refractivity (Wildman–Crippen MR) is 29.6 cm³/mol. The first kappa shape index (κ1) is 5.97. The lowest BCUT2D eigenvalue weighted by molar-refractivity contribution is 1.49. The van der Waals surface area contributed by atoms with Crippen LogP contribution in [0.4, 0.5) is 0 Å². The first-order chi connectivity index (χ1) is 3.31. The highest BCUT2D eigenvalue weighted by Crippen LogP contribution is 1.88. The summed E-state index contributed by atoms with van der Waals surface area (Å²) in [7, 11) is 0. The van der Waals surface area contributed by atoms with Crippen molar-refractivity contribution >= 4 is 0 Å². The second-order valence-corrected chi connectivity index (χ2v) is 1.22. The van der Waals surface area contributed by atoms with Crippen molar-refractivity contribution in [1.82, 2.24) is 0 Å². The van der Waals surface area contributed by atoms with Crippen molar-refractivity contribution in [2.75, 3.05) is 0 Å². The van der Waals surface area contributed by atoms with Gasteiger partial charge in [0.2, 0.25) is 0 Å². The van der Waals surface area contributed by atoms with E-state index in [1.165, 1.54) is 6.08 Å². The van der Waals surface area contributed by atoms with E-state index >= 15 is 0 Å². The summed E-state index contributed by atoms with van der Waals surface area (Å²) in [6.45, 7) is 5.29. The SMILES string of the molecule is C=C/C(C)=C/C#N. The molecular weight excluding hydrogens is 86.1 g/mol. The van der Waals surface area contributed by atoms with Crippen molar-refractivity contribution in [1.29, 1.82) is 5.26 Å². The number of hydrogen-bond donors (Lipinski definition) is 0. The minimum absolute atomic E-state index is 0.905. The fraction of sp³-hybridized carbons (Fsp3) is 0.167. The highest BCUT2D eigenvalue weighted by atomic mass is 14.2. The van der Waals surface area contributed by atoms with Crippen molar-refractivity contribution in [2.45, 2.75) is 6.92 Å². The molecule has 0 saturated carbocycles. The summed E-state index contributed by atoms with van der Waals surface area (Å²) in [6.07, 6.45) is 3.09. The van der Waals surface area contributed by atoms with E-state index in [-0.39, 0.29) is 0 Å². The van der Waals surface area contributed by atoms with Gasteiger partial charge in [-0.1, -0.05) is 12.7 Å². The van der Waals surface area contributed by atoms with Crippen molar-refractivity contribution < 1.29 is 0 Å². The molecule has 7 heavy (non-hydrogen) atoms. The van der Waals surface area contributed by atoms with Gasteiger partial charge in [-0.25, -0.2) is 0 Å². The highest BCUT2D eigenvalue weighted by Gasteiger charge is 1.71. The maximum Gasteiger partial charge on any atom is 0.0914 e. The lowest BCUT2D eigenvalue weighted by atomic mass is 10.3. The van der Waals surface area contributed by atoms with Gasteiger partial charge in [0.05, 0.1) is 6.07 Å². The molecule has 36 valence electrons. The van der Waals surface area contributed by atoms with Gasteiger partial charge in [0.25, 0.3) is 0 Å². The molecule has 0 atom stereocenters. The number of rotatable bonds is 1. The Morgan fingerprint density at radius 2 is 2.43 bits per heavy atom. The lowest BCUT2D eigenvalue weighted by Crippen LogP contribution is -1.59. The van der Waals surface area contributed by atoms with Gasteiger partial charge in [0.1, 0.15) is 0 Å². The van der Waals surface area contributed by atoms with Crippen LogP contribution in [0, 0.1) is 11.3 Å². The third kappa shape index (κ3) is 2.78. The molecule has 0 aliphatic heterocycles. The Morgan fingerprint density at radius 1 is 1.86 bits per heavy atom. The Morgan fingerprint density at radius 3 is 2.57 bits per heavy atom. The van der Waals surface area contributed by atoms with Crippen LogP contribution in [-0.2, 0) is 0 Å². The maximum atomic E-state index is 7.99. The fourth-order valence-electron chi connectivity index (χ4n) is 0.161. The van der Waals surface area contributed by atoms with Crippen LogP contribution in [0.1, 0.15) is 6.92 Å². The lowest BCUT2D eigenvalue weighted by Gasteiger charge is -1.76. The molecule has 0 saturated heterocycles. The first-order valence-electron chi connectivity index (χ1n) is 2.00. The zero-order valence-corrected chi connectivity index (χ0v) is 4.31. The number of allylic oxidation sites excluding steroid dienone is 3. The zero-order valence-electron chi connectivity index (χ0n) is 4.31. The zero-order chi connectivity index (χ0) is 5.70. The molecule has 0 aromatic heterocycles. The quantitative estimate of drug-likeness (QED) is 0.357. The molecule has 1 nitrogen and oxygen atoms in total. The highest BCUT2D eigenvalue weighted by molar-refractivity contribution is 5.20. The number of nitrogens with zero attached hydrogens (tertiary/aromatic N) is 1. The van der Waals surface area contributed by atoms with Crippen LogP contribution in [0.2, 0.25) is 0 Å². The molecule has 0 aromatic rings. The van der Waals surface area contributed by atoms with E-state index < -0.39 is 0 Å². The van der Waals surface area contributed by atoms with Gasteiger partial charge in [-0.2, -0.15) is 5.26 Å². The summed E-state index contributed by atoms with van der Waals surface area (Å²) in [5, 5.41) is 7.99. The first-order valence-corrected chi connectivity index (χ1v) is 2.00. The average molecular weight is 93.1 g/mol. The largest absolute Gasteiger partial charge is 0.193 e. The summed E-state index contributed by atoms with van der Waals surface area (Å²) in [5.41, 5.74) is 0.905. The number of nitriles is 1. The van der Waals surface area contributed by atoms with Gasteiger partial charge in [0.15, 0.2) is 0 Å². The second kappa shape index (κ2) is 3.17. The van der Waals surface area contributed by atoms with E-state index in [0.717, 1.165) is 5.57 Å². The number of hydrogen-bond acceptors (Lipinski definition) is 1. The molecule has 0 amide bonds. The van der Waals surface area contributed by atoms with Gasteiger partial charge in [-0.15, -0.1) is 0 Å². The molecule has 0 aliphatic carbocycles. The van der Waals surface area contributed by atoms with E-state index in [1.807, 2.05) is 13.0 Å². The van der Waals surface area contributed by atoms with Crippen molar-refractivity contribution in [3.05, 3.63) is 24.3 Å². The average Bonchev–Trinajstić information content (AvgIpc) is 1.68. The topological polar surface area (TPSA) is 23.8 Å². The normalized spacial score (nSPS) is 10.0. The van der Waals surface area contributed by atoms with Crippen molar-refractivity contribution in [2.24, 2.45) is 0 Å². The van der Waals surface area contributed by atoms with Crippen LogP contribution in [0.15, 0.2) is 24.3 Å². The van der Waals surface area contributed by atoms with Crippen LogP contribution >= 0.6 is 0 Å². The smallest absolute Gasteiger partial charge is 0.0914 e. The van der Waals surface area contributed by atoms with Gasteiger partial charge in [0, 0.05) is 6.08 Å². The molecule has 0 aromatic carbocycles. The van der Waals surface area contributed by atoms with E-state index in [0.29, 0.717) is 0 Å². The third-order valence-corrected chi connectivity index (χ3v) is 0.614. The standard InChI is InChI=1S/C6H7N/c1-3-6(2)4-5-7/h3-4H,1H2,2H3/b6-4+. The Bertz CT molecular complexity index is 126. The maximum absolute atomic E-state index is 7.99. The fourth-order valence-corrected chi connectivity index (χ4v) is 0.161. The van der Waals surface area contributed by atoms with E-state index in [4.69, 9.17) is 5.26 Å². The Hall–Kier alpha value is -1.03. The second-order valence-electron chi connectivity index (χ2n) is 1.22. The van der Waals surface area contributed by atoms with Crippen LogP contribution < -0.4 is 0 Å². The van der Waals surface area contributed by atoms with Gasteiger partial charge >= 0.3 is 0 Å². The van der Waals surface area contributed by atoms with Gasteiger partial charge < -0.3 is 0 Å². The molecule has 0 N–H and O–H groups in total. The summed E-state index contributed by atoms with van der Waals surface area (Å²) in [4.78, 5) is 0. The summed E-state index contributed by atoms with van der Waals surface area (Å²) < 4.78 is 0. The van der Waals surface area contributed by atoms with Crippen molar-refractivity contribution in [3.63, 3.8) is 0 Å². The Balaban J connectivity index is 3.80. The molecule has 0 fully saturated rings. The molecule has 0 unspecified atom stereocenters. The summed E-state index contributed by atoms with van der Waals surface area (Å²) in [6, 6.07) is 1.89. The van der Waals surface area contributed by atoms with Crippen molar-refractivity contribution in [3.8, 4) is 6.07 Å². The molecule has 0 bridgehead atoms. The van der Waals surface area contributed by atoms with Crippen LogP contribution in [-0.4, -0.2) is 0 Å². The van der Waals surface area contributed by atoms with E-state index in [9.17, 15) is 0 Å². The Labute approximate surface area is 43.6 Å². The van der Waals surface area contributed by atoms with Gasteiger partial charge in [-0.3, -0.25) is 0 Å². The molecule has 0 spiro atoms. The Kier molecular flexibility index (Phi) is 2.70. The summed E-state index contributed by atoms with van der Waals surface area (Å²) >= 11 is 0. The summed E-state index contributed by atoms with van der Waals surface area (Å²) in [5.74, 6) is 0. The van der Waals surface area contributed by atoms with Crippen LogP contribution in [0.5, 0.6) is 0 Å². The molecule has 0 rings (SSSR count). The molecule has 0 heterocycles.